The molecule has 1 aliphatic rings. The zero-order valence-electron chi connectivity index (χ0n) is 19.2. The number of piperidine rings is 1. The molecule has 2 heterocycles. The van der Waals surface area contributed by atoms with E-state index in [0.717, 1.165) is 0 Å². The number of rotatable bonds is 9. The van der Waals surface area contributed by atoms with E-state index < -0.39 is 10.7 Å². The predicted molar refractivity (Wildman–Crippen MR) is 120 cm³/mol. The first kappa shape index (κ1) is 24.9. The molecule has 12 nitrogen and oxygen atoms in total. The lowest BCUT2D eigenvalue weighted by Gasteiger charge is -2.32. The van der Waals surface area contributed by atoms with Crippen LogP contribution >= 0.6 is 0 Å². The van der Waals surface area contributed by atoms with Crippen LogP contribution in [0, 0.1) is 16.0 Å². The van der Waals surface area contributed by atoms with Crippen LogP contribution in [0.3, 0.4) is 0 Å². The molecule has 1 unspecified atom stereocenters. The minimum Gasteiger partial charge on any atom is -0.466 e. The van der Waals surface area contributed by atoms with Crippen molar-refractivity contribution >= 4 is 34.6 Å². The second kappa shape index (κ2) is 10.9. The minimum atomic E-state index is -0.660. The summed E-state index contributed by atoms with van der Waals surface area (Å²) >= 11 is 0. The Morgan fingerprint density at radius 1 is 1.32 bits per heavy atom. The van der Waals surface area contributed by atoms with Gasteiger partial charge >= 0.3 is 11.7 Å². The molecule has 12 heteroatoms. The first-order valence-electron chi connectivity index (χ1n) is 11.2. The molecular formula is C22H28N4O8. The summed E-state index contributed by atoms with van der Waals surface area (Å²) in [6.07, 6.45) is 1.79. The summed E-state index contributed by atoms with van der Waals surface area (Å²) in [6, 6.07) is 3.91. The highest BCUT2D eigenvalue weighted by atomic mass is 16.6. The quantitative estimate of drug-likeness (QED) is 0.301. The van der Waals surface area contributed by atoms with Gasteiger partial charge in [0.15, 0.2) is 5.58 Å². The third-order valence-corrected chi connectivity index (χ3v) is 5.83. The lowest BCUT2D eigenvalue weighted by Crippen LogP contribution is -2.47. The van der Waals surface area contributed by atoms with Gasteiger partial charge in [0.05, 0.1) is 35.6 Å². The van der Waals surface area contributed by atoms with Gasteiger partial charge in [-0.3, -0.25) is 29.1 Å². The van der Waals surface area contributed by atoms with Crippen molar-refractivity contribution in [1.29, 1.82) is 0 Å². The Morgan fingerprint density at radius 2 is 2.09 bits per heavy atom. The molecule has 34 heavy (non-hydrogen) atoms. The fraction of sp³-hybridized carbons (Fsp3) is 0.545. The molecule has 2 amide bonds. The number of likely N-dealkylation sites (N-methyl/N-ethyl adjacent to an activating group) is 1. The number of likely N-dealkylation sites (tertiary alicyclic amines) is 1. The highest BCUT2D eigenvalue weighted by Crippen LogP contribution is 2.21. The number of aromatic nitrogens is 1. The van der Waals surface area contributed by atoms with Gasteiger partial charge in [0.2, 0.25) is 11.8 Å². The van der Waals surface area contributed by atoms with E-state index in [1.807, 2.05) is 0 Å². The number of benzene rings is 1. The monoisotopic (exact) mass is 476 g/mol. The molecule has 0 aliphatic carbocycles. The Morgan fingerprint density at radius 3 is 2.79 bits per heavy atom. The molecule has 1 aliphatic heterocycles. The number of hydrogen-bond acceptors (Lipinski definition) is 8. The maximum Gasteiger partial charge on any atom is 0.419 e. The molecule has 2 aromatic rings. The van der Waals surface area contributed by atoms with Crippen LogP contribution in [0.5, 0.6) is 0 Å². The van der Waals surface area contributed by atoms with Gasteiger partial charge in [-0.05, 0) is 32.3 Å². The van der Waals surface area contributed by atoms with Gasteiger partial charge in [-0.1, -0.05) is 0 Å². The topological polar surface area (TPSA) is 145 Å². The Labute approximate surface area is 195 Å². The molecule has 1 saturated heterocycles. The zero-order chi connectivity index (χ0) is 24.8. The summed E-state index contributed by atoms with van der Waals surface area (Å²) in [5.41, 5.74) is 0.334. The van der Waals surface area contributed by atoms with E-state index >= 15 is 0 Å². The number of hydrogen-bond donors (Lipinski definition) is 0. The zero-order valence-corrected chi connectivity index (χ0v) is 19.2. The second-order valence-corrected chi connectivity index (χ2v) is 8.21. The SMILES string of the molecule is CCOC(=O)C1CCCN(C(=O)CN(C)C(=O)CCCn2c(=O)oc3cc([N+](=O)[O-])ccc32)C1. The van der Waals surface area contributed by atoms with Crippen LogP contribution in [-0.4, -0.2) is 70.4 Å². The number of ether oxygens (including phenoxy) is 1. The van der Waals surface area contributed by atoms with Crippen LogP contribution in [0.4, 0.5) is 5.69 Å². The molecule has 1 fully saturated rings. The molecular weight excluding hydrogens is 448 g/mol. The molecule has 1 atom stereocenters. The summed E-state index contributed by atoms with van der Waals surface area (Å²) in [5.74, 6) is -1.80. The van der Waals surface area contributed by atoms with E-state index in [1.165, 1.54) is 34.7 Å². The Balaban J connectivity index is 1.51. The molecule has 0 bridgehead atoms. The molecule has 0 spiro atoms. The standard InChI is InChI=1S/C22H28N4O8/c1-3-33-21(29)15-6-4-10-24(13-15)20(28)14-23(2)19(27)7-5-11-25-17-9-8-16(26(31)32)12-18(17)34-22(25)30/h8-9,12,15H,3-7,10-11,13-14H2,1-2H3. The number of nitro groups is 1. The van der Waals surface area contributed by atoms with Crippen molar-refractivity contribution in [3.63, 3.8) is 0 Å². The number of carbonyl (C=O) groups is 3. The number of fused-ring (bicyclic) bond motifs is 1. The van der Waals surface area contributed by atoms with Gasteiger partial charge in [0, 0.05) is 39.2 Å². The Kier molecular flexibility index (Phi) is 8.03. The average molecular weight is 476 g/mol. The summed E-state index contributed by atoms with van der Waals surface area (Å²) in [6.45, 7) is 2.93. The molecule has 3 rings (SSSR count). The van der Waals surface area contributed by atoms with E-state index in [1.54, 1.807) is 11.8 Å². The number of nitrogens with zero attached hydrogens (tertiary/aromatic N) is 4. The van der Waals surface area contributed by atoms with Crippen LogP contribution in [0.25, 0.3) is 11.1 Å². The predicted octanol–water partition coefficient (Wildman–Crippen LogP) is 1.54. The average Bonchev–Trinajstić information content (AvgIpc) is 3.13. The van der Waals surface area contributed by atoms with Crippen LogP contribution in [-0.2, 0) is 25.7 Å². The fourth-order valence-corrected chi connectivity index (χ4v) is 4.01. The van der Waals surface area contributed by atoms with E-state index in [2.05, 4.69) is 0 Å². The third kappa shape index (κ3) is 5.80. The van der Waals surface area contributed by atoms with E-state index in [-0.39, 0.29) is 61.0 Å². The summed E-state index contributed by atoms with van der Waals surface area (Å²) < 4.78 is 11.5. The van der Waals surface area contributed by atoms with Crippen LogP contribution in [0.1, 0.15) is 32.6 Å². The fourth-order valence-electron chi connectivity index (χ4n) is 4.01. The van der Waals surface area contributed by atoms with Gasteiger partial charge in [-0.2, -0.15) is 0 Å². The van der Waals surface area contributed by atoms with Crippen LogP contribution in [0.15, 0.2) is 27.4 Å². The number of non-ortho nitro benzene ring substituents is 1. The normalized spacial score (nSPS) is 15.8. The molecule has 0 saturated carbocycles. The maximum atomic E-state index is 12.6. The van der Waals surface area contributed by atoms with Crippen molar-refractivity contribution in [3.8, 4) is 0 Å². The van der Waals surface area contributed by atoms with E-state index in [4.69, 9.17) is 9.15 Å². The smallest absolute Gasteiger partial charge is 0.419 e. The maximum absolute atomic E-state index is 12.6. The van der Waals surface area contributed by atoms with Crippen molar-refractivity contribution in [2.24, 2.45) is 5.92 Å². The van der Waals surface area contributed by atoms with Gasteiger partial charge < -0.3 is 19.0 Å². The number of nitro benzene ring substituents is 1. The highest BCUT2D eigenvalue weighted by molar-refractivity contribution is 5.85. The van der Waals surface area contributed by atoms with E-state index in [9.17, 15) is 29.3 Å². The summed E-state index contributed by atoms with van der Waals surface area (Å²) in [4.78, 5) is 62.5. The van der Waals surface area contributed by atoms with E-state index in [0.29, 0.717) is 37.9 Å². The van der Waals surface area contributed by atoms with Gasteiger partial charge in [0.1, 0.15) is 0 Å². The van der Waals surface area contributed by atoms with Crippen molar-refractivity contribution in [3.05, 3.63) is 38.9 Å². The lowest BCUT2D eigenvalue weighted by molar-refractivity contribution is -0.384. The second-order valence-electron chi connectivity index (χ2n) is 8.21. The highest BCUT2D eigenvalue weighted by Gasteiger charge is 2.30. The van der Waals surface area contributed by atoms with Gasteiger partial charge in [0.25, 0.3) is 5.69 Å². The van der Waals surface area contributed by atoms with Gasteiger partial charge in [-0.15, -0.1) is 0 Å². The summed E-state index contributed by atoms with van der Waals surface area (Å²) in [7, 11) is 1.53. The molecule has 1 aromatic carbocycles. The minimum absolute atomic E-state index is 0.0985. The van der Waals surface area contributed by atoms with Crippen molar-refractivity contribution in [2.45, 2.75) is 39.2 Å². The van der Waals surface area contributed by atoms with Crippen LogP contribution in [0.2, 0.25) is 0 Å². The Hall–Kier alpha value is -3.70. The number of oxazole rings is 1. The first-order valence-corrected chi connectivity index (χ1v) is 11.2. The Bertz CT molecular complexity index is 1140. The summed E-state index contributed by atoms with van der Waals surface area (Å²) in [5, 5.41) is 10.9. The number of esters is 1. The van der Waals surface area contributed by atoms with Gasteiger partial charge in [-0.25, -0.2) is 4.79 Å². The van der Waals surface area contributed by atoms with Crippen molar-refractivity contribution < 1.29 is 28.5 Å². The molecule has 184 valence electrons. The number of amides is 2. The number of carbonyl (C=O) groups excluding carboxylic acids is 3. The third-order valence-electron chi connectivity index (χ3n) is 5.83. The molecule has 1 aromatic heterocycles. The number of aryl methyl sites for hydroxylation is 1. The molecule has 0 N–H and O–H groups in total. The first-order chi connectivity index (χ1) is 16.2. The van der Waals surface area contributed by atoms with Crippen molar-refractivity contribution in [1.82, 2.24) is 14.4 Å². The molecule has 0 radical (unpaired) electrons. The lowest BCUT2D eigenvalue weighted by atomic mass is 9.98. The van der Waals surface area contributed by atoms with Crippen molar-refractivity contribution in [2.75, 3.05) is 33.3 Å². The van der Waals surface area contributed by atoms with Crippen LogP contribution < -0.4 is 5.76 Å². The largest absolute Gasteiger partial charge is 0.466 e.